The molecule has 2 fully saturated rings. The Morgan fingerprint density at radius 1 is 1.32 bits per heavy atom. The van der Waals surface area contributed by atoms with Crippen molar-refractivity contribution in [2.75, 3.05) is 7.05 Å². The zero-order chi connectivity index (χ0) is 13.4. The van der Waals surface area contributed by atoms with Crippen LogP contribution in [0.2, 0.25) is 0 Å². The Hall–Kier alpha value is -1.00. The van der Waals surface area contributed by atoms with Crippen molar-refractivity contribution < 1.29 is 14.8 Å². The highest BCUT2D eigenvalue weighted by Gasteiger charge is 2.42. The summed E-state index contributed by atoms with van der Waals surface area (Å²) in [4.78, 5) is 13.6. The number of rotatable bonds is 3. The number of carbonyl (C=O) groups excluding carboxylic acids is 1. The molecule has 2 atom stereocenters. The number of hydrogen-bond donors (Lipinski definition) is 1. The topological polar surface area (TPSA) is 44.6 Å². The molecule has 0 spiro atoms. The van der Waals surface area contributed by atoms with Gasteiger partial charge in [0.05, 0.1) is 25.1 Å². The number of aromatic carboxylic acids is 1. The normalized spacial score (nSPS) is 33.3. The Morgan fingerprint density at radius 3 is 2.63 bits per heavy atom. The van der Waals surface area contributed by atoms with Crippen LogP contribution in [0.15, 0.2) is 29.2 Å². The van der Waals surface area contributed by atoms with Gasteiger partial charge in [-0.05, 0) is 17.7 Å². The van der Waals surface area contributed by atoms with Crippen LogP contribution in [0.5, 0.6) is 0 Å². The van der Waals surface area contributed by atoms with Crippen LogP contribution in [-0.4, -0.2) is 30.4 Å². The molecule has 0 aliphatic carbocycles. The summed E-state index contributed by atoms with van der Waals surface area (Å²) in [6.07, 6.45) is 5.21. The Bertz CT molecular complexity index is 477. The molecule has 2 bridgehead atoms. The maximum Gasteiger partial charge on any atom is 0.0887 e. The first-order chi connectivity index (χ1) is 9.13. The summed E-state index contributed by atoms with van der Waals surface area (Å²) in [6.45, 7) is 0. The zero-order valence-corrected chi connectivity index (χ0v) is 11.9. The lowest BCUT2D eigenvalue weighted by Crippen LogP contribution is -3.15. The second-order valence-corrected chi connectivity index (χ2v) is 7.12. The summed E-state index contributed by atoms with van der Waals surface area (Å²) in [5, 5.41) is 11.5. The molecule has 1 aromatic rings. The van der Waals surface area contributed by atoms with E-state index >= 15 is 0 Å². The first kappa shape index (κ1) is 13.0. The lowest BCUT2D eigenvalue weighted by molar-refractivity contribution is -0.921. The van der Waals surface area contributed by atoms with Crippen molar-refractivity contribution in [1.29, 1.82) is 0 Å². The van der Waals surface area contributed by atoms with Crippen molar-refractivity contribution in [2.45, 2.75) is 47.9 Å². The quantitative estimate of drug-likeness (QED) is 0.867. The van der Waals surface area contributed by atoms with Crippen LogP contribution in [0.3, 0.4) is 0 Å². The fraction of sp³-hybridized carbons (Fsp3) is 0.533. The zero-order valence-electron chi connectivity index (χ0n) is 11.1. The van der Waals surface area contributed by atoms with Crippen LogP contribution in [0.25, 0.3) is 0 Å². The van der Waals surface area contributed by atoms with Crippen molar-refractivity contribution in [3.63, 3.8) is 0 Å². The number of carbonyl (C=O) groups is 1. The number of hydrogen-bond acceptors (Lipinski definition) is 3. The molecule has 2 aliphatic heterocycles. The van der Waals surface area contributed by atoms with Crippen molar-refractivity contribution in [3.05, 3.63) is 29.8 Å². The molecular weight excluding hydrogens is 258 g/mol. The van der Waals surface area contributed by atoms with Gasteiger partial charge in [-0.2, -0.15) is 0 Å². The van der Waals surface area contributed by atoms with Gasteiger partial charge in [0.2, 0.25) is 0 Å². The van der Waals surface area contributed by atoms with Crippen LogP contribution in [0, 0.1) is 0 Å². The maximum absolute atomic E-state index is 10.9. The molecular formula is C15H19NO2S. The number of carboxylic acids is 1. The fourth-order valence-electron chi connectivity index (χ4n) is 3.51. The molecule has 102 valence electrons. The molecule has 19 heavy (non-hydrogen) atoms. The second-order valence-electron chi connectivity index (χ2n) is 5.74. The second kappa shape index (κ2) is 5.17. The Kier molecular flexibility index (Phi) is 3.54. The van der Waals surface area contributed by atoms with E-state index in [0.717, 1.165) is 17.0 Å². The van der Waals surface area contributed by atoms with E-state index in [1.807, 2.05) is 23.9 Å². The number of benzene rings is 1. The molecule has 3 rings (SSSR count). The summed E-state index contributed by atoms with van der Waals surface area (Å²) in [5.41, 5.74) is 0.284. The monoisotopic (exact) mass is 277 g/mol. The predicted octanol–water partition coefficient (Wildman–Crippen LogP) is 0.350. The number of thioether (sulfide) groups is 1. The Labute approximate surface area is 118 Å². The Morgan fingerprint density at radius 2 is 2.00 bits per heavy atom. The summed E-state index contributed by atoms with van der Waals surface area (Å²) in [7, 11) is 2.32. The van der Waals surface area contributed by atoms with E-state index in [4.69, 9.17) is 0 Å². The molecule has 1 aromatic carbocycles. The summed E-state index contributed by atoms with van der Waals surface area (Å²) in [6, 6.07) is 8.77. The lowest BCUT2D eigenvalue weighted by atomic mass is 10.0. The standard InChI is InChI=1S/C15H19NO2S/c1-16-11-5-6-12(16)9-14(8-11)19-13-4-2-3-10(7-13)15(17)18/h2-4,7,11-12,14H,5-6,8-9H2,1H3,(H,17,18). The van der Waals surface area contributed by atoms with E-state index in [9.17, 15) is 9.90 Å². The average molecular weight is 277 g/mol. The van der Waals surface area contributed by atoms with E-state index in [2.05, 4.69) is 7.05 Å². The average Bonchev–Trinajstić information content (AvgIpc) is 2.63. The van der Waals surface area contributed by atoms with E-state index in [1.165, 1.54) is 25.7 Å². The molecule has 4 heteroatoms. The first-order valence-corrected chi connectivity index (χ1v) is 7.83. The fourth-order valence-corrected chi connectivity index (χ4v) is 4.91. The number of carboxylic acid groups (broad SMARTS) is 1. The van der Waals surface area contributed by atoms with Gasteiger partial charge < -0.3 is 14.8 Å². The van der Waals surface area contributed by atoms with Crippen molar-refractivity contribution in [1.82, 2.24) is 0 Å². The van der Waals surface area contributed by atoms with Gasteiger partial charge in [-0.15, -0.1) is 11.8 Å². The largest absolute Gasteiger partial charge is 0.545 e. The number of quaternary nitrogens is 1. The minimum atomic E-state index is -1.09. The third-order valence-electron chi connectivity index (χ3n) is 4.62. The van der Waals surface area contributed by atoms with Gasteiger partial charge in [0, 0.05) is 35.8 Å². The number of fused-ring (bicyclic) bond motifs is 2. The van der Waals surface area contributed by atoms with Gasteiger partial charge in [0.1, 0.15) is 0 Å². The van der Waals surface area contributed by atoms with Gasteiger partial charge in [-0.3, -0.25) is 0 Å². The molecule has 0 saturated carbocycles. The minimum Gasteiger partial charge on any atom is -0.545 e. The first-order valence-electron chi connectivity index (χ1n) is 6.95. The highest BCUT2D eigenvalue weighted by atomic mass is 32.2. The molecule has 2 heterocycles. The number of piperidine rings is 1. The van der Waals surface area contributed by atoms with Crippen LogP contribution >= 0.6 is 11.8 Å². The van der Waals surface area contributed by atoms with E-state index in [0.29, 0.717) is 5.25 Å². The maximum atomic E-state index is 10.9. The van der Waals surface area contributed by atoms with Crippen LogP contribution < -0.4 is 10.0 Å². The molecule has 2 saturated heterocycles. The van der Waals surface area contributed by atoms with Crippen molar-refractivity contribution >= 4 is 17.7 Å². The third-order valence-corrected chi connectivity index (χ3v) is 5.86. The molecule has 0 radical (unpaired) electrons. The van der Waals surface area contributed by atoms with Gasteiger partial charge in [0.25, 0.3) is 0 Å². The van der Waals surface area contributed by atoms with Gasteiger partial charge in [-0.1, -0.05) is 12.1 Å². The van der Waals surface area contributed by atoms with Crippen molar-refractivity contribution in [2.24, 2.45) is 0 Å². The van der Waals surface area contributed by atoms with Gasteiger partial charge >= 0.3 is 0 Å². The van der Waals surface area contributed by atoms with Crippen LogP contribution in [0.4, 0.5) is 0 Å². The Balaban J connectivity index is 1.69. The van der Waals surface area contributed by atoms with E-state index < -0.39 is 5.97 Å². The summed E-state index contributed by atoms with van der Waals surface area (Å²) < 4.78 is 0. The highest BCUT2D eigenvalue weighted by Crippen LogP contribution is 2.35. The predicted molar refractivity (Wildman–Crippen MR) is 73.3 cm³/mol. The van der Waals surface area contributed by atoms with Gasteiger partial charge in [-0.25, -0.2) is 0 Å². The van der Waals surface area contributed by atoms with E-state index in [1.54, 1.807) is 17.0 Å². The minimum absolute atomic E-state index is 0.284. The summed E-state index contributed by atoms with van der Waals surface area (Å²) >= 11 is 1.84. The molecule has 3 nitrogen and oxygen atoms in total. The third kappa shape index (κ3) is 2.65. The molecule has 1 N–H and O–H groups in total. The number of nitrogens with one attached hydrogen (secondary N) is 1. The smallest absolute Gasteiger partial charge is 0.0887 e. The SMILES string of the molecule is C[NH+]1C2CCC1CC(Sc1cccc(C(=O)[O-])c1)C2. The van der Waals surface area contributed by atoms with Gasteiger partial charge in [0.15, 0.2) is 0 Å². The van der Waals surface area contributed by atoms with E-state index in [-0.39, 0.29) is 5.56 Å². The molecule has 0 amide bonds. The molecule has 2 unspecified atom stereocenters. The summed E-state index contributed by atoms with van der Waals surface area (Å²) in [5.74, 6) is -1.09. The molecule has 2 aliphatic rings. The van der Waals surface area contributed by atoms with Crippen LogP contribution in [0.1, 0.15) is 36.0 Å². The highest BCUT2D eigenvalue weighted by molar-refractivity contribution is 8.00. The molecule has 0 aromatic heterocycles. The van der Waals surface area contributed by atoms with Crippen LogP contribution in [-0.2, 0) is 0 Å². The van der Waals surface area contributed by atoms with Crippen molar-refractivity contribution in [3.8, 4) is 0 Å². The lowest BCUT2D eigenvalue weighted by Gasteiger charge is -2.33.